The van der Waals surface area contributed by atoms with Crippen LogP contribution in [0.25, 0.3) is 21.5 Å². The number of benzene rings is 1. The smallest absolute Gasteiger partial charge is 0.348 e. The molecule has 0 aliphatic heterocycles. The van der Waals surface area contributed by atoms with Gasteiger partial charge in [-0.25, -0.2) is 14.8 Å². The molecule has 0 saturated heterocycles. The number of rotatable bonds is 5. The molecule has 4 aromatic rings. The molecule has 0 aliphatic rings. The molecule has 0 amide bonds. The van der Waals surface area contributed by atoms with Crippen molar-refractivity contribution in [1.29, 1.82) is 0 Å². The van der Waals surface area contributed by atoms with Gasteiger partial charge >= 0.3 is 5.97 Å². The van der Waals surface area contributed by atoms with E-state index in [1.807, 2.05) is 35.0 Å². The lowest BCUT2D eigenvalue weighted by Crippen LogP contribution is -1.98. The maximum atomic E-state index is 11.5. The molecule has 8 heteroatoms. The monoisotopic (exact) mass is 399 g/mol. The van der Waals surface area contributed by atoms with Crippen LogP contribution < -0.4 is 5.73 Å². The maximum absolute atomic E-state index is 11.5. The number of nitrogen functional groups attached to an aromatic ring is 1. The lowest BCUT2D eigenvalue weighted by Gasteiger charge is -2.06. The second-order valence-corrected chi connectivity index (χ2v) is 8.19. The lowest BCUT2D eigenvalue weighted by atomic mass is 10.1. The highest BCUT2D eigenvalue weighted by molar-refractivity contribution is 7.98. The quantitative estimate of drug-likeness (QED) is 0.363. The fourth-order valence-electron chi connectivity index (χ4n) is 2.56. The predicted octanol–water partition coefficient (Wildman–Crippen LogP) is 4.99. The summed E-state index contributed by atoms with van der Waals surface area (Å²) < 4.78 is 0. The molecular formula is C18H13N3O2S3. The van der Waals surface area contributed by atoms with Gasteiger partial charge < -0.3 is 10.8 Å². The summed E-state index contributed by atoms with van der Waals surface area (Å²) in [5.41, 5.74) is 9.13. The highest BCUT2D eigenvalue weighted by atomic mass is 32.2. The molecule has 0 spiro atoms. The number of aromatic nitrogens is 2. The van der Waals surface area contributed by atoms with Crippen molar-refractivity contribution >= 4 is 56.3 Å². The van der Waals surface area contributed by atoms with Crippen molar-refractivity contribution in [2.24, 2.45) is 0 Å². The Morgan fingerprint density at radius 2 is 2.00 bits per heavy atom. The molecule has 0 atom stereocenters. The standard InChI is InChI=1S/C18H13N3O2S3/c19-13-12-14(11-6-7-24-9-11)20-18(21-16(12)26-15(13)17(22)23)25-8-10-4-2-1-3-5-10/h1-7,9H,8,19H2,(H,22,23). The van der Waals surface area contributed by atoms with Gasteiger partial charge in [-0.05, 0) is 17.0 Å². The molecule has 0 aliphatic carbocycles. The average Bonchev–Trinajstić information content (AvgIpc) is 3.29. The average molecular weight is 400 g/mol. The van der Waals surface area contributed by atoms with Gasteiger partial charge in [0, 0.05) is 16.7 Å². The Morgan fingerprint density at radius 1 is 1.19 bits per heavy atom. The van der Waals surface area contributed by atoms with Crippen LogP contribution in [0.15, 0.2) is 52.3 Å². The number of carboxylic acid groups (broad SMARTS) is 1. The molecule has 0 saturated carbocycles. The number of carbonyl (C=O) groups is 1. The van der Waals surface area contributed by atoms with Crippen LogP contribution in [0.3, 0.4) is 0 Å². The van der Waals surface area contributed by atoms with Crippen molar-refractivity contribution in [3.63, 3.8) is 0 Å². The first-order valence-electron chi connectivity index (χ1n) is 7.66. The normalized spacial score (nSPS) is 11.1. The zero-order valence-corrected chi connectivity index (χ0v) is 15.8. The van der Waals surface area contributed by atoms with Crippen molar-refractivity contribution in [2.75, 3.05) is 5.73 Å². The molecular weight excluding hydrogens is 386 g/mol. The third-order valence-electron chi connectivity index (χ3n) is 3.77. The summed E-state index contributed by atoms with van der Waals surface area (Å²) in [5.74, 6) is -0.303. The molecule has 3 heterocycles. The minimum atomic E-state index is -1.04. The third kappa shape index (κ3) is 3.18. The number of nitrogens with two attached hydrogens (primary N) is 1. The summed E-state index contributed by atoms with van der Waals surface area (Å²) >= 11 is 4.17. The number of carboxylic acids is 1. The number of hydrogen-bond donors (Lipinski definition) is 2. The van der Waals surface area contributed by atoms with Crippen LogP contribution in [0.4, 0.5) is 5.69 Å². The summed E-state index contributed by atoms with van der Waals surface area (Å²) in [6.45, 7) is 0. The molecule has 0 fully saturated rings. The Kier molecular flexibility index (Phi) is 4.62. The van der Waals surface area contributed by atoms with E-state index in [4.69, 9.17) is 5.73 Å². The minimum Gasteiger partial charge on any atom is -0.477 e. The second kappa shape index (κ2) is 7.06. The van der Waals surface area contributed by atoms with Crippen LogP contribution in [0.1, 0.15) is 15.2 Å². The molecule has 130 valence electrons. The molecule has 0 bridgehead atoms. The molecule has 3 N–H and O–H groups in total. The van der Waals surface area contributed by atoms with Gasteiger partial charge in [-0.15, -0.1) is 11.3 Å². The summed E-state index contributed by atoms with van der Waals surface area (Å²) in [5, 5.41) is 14.6. The van der Waals surface area contributed by atoms with E-state index in [1.54, 1.807) is 11.3 Å². The number of aromatic carboxylic acids is 1. The Balaban J connectivity index is 1.81. The molecule has 5 nitrogen and oxygen atoms in total. The fourth-order valence-corrected chi connectivity index (χ4v) is 4.99. The van der Waals surface area contributed by atoms with Crippen LogP contribution >= 0.6 is 34.4 Å². The zero-order chi connectivity index (χ0) is 18.1. The van der Waals surface area contributed by atoms with Crippen LogP contribution in [-0.2, 0) is 5.75 Å². The molecule has 0 unspecified atom stereocenters. The number of thioether (sulfide) groups is 1. The fraction of sp³-hybridized carbons (Fsp3) is 0.0556. The van der Waals surface area contributed by atoms with Gasteiger partial charge in [0.25, 0.3) is 0 Å². The van der Waals surface area contributed by atoms with Gasteiger partial charge in [0.15, 0.2) is 5.16 Å². The number of fused-ring (bicyclic) bond motifs is 1. The van der Waals surface area contributed by atoms with Crippen molar-refractivity contribution in [3.8, 4) is 11.3 Å². The van der Waals surface area contributed by atoms with Gasteiger partial charge in [-0.1, -0.05) is 42.1 Å². The molecule has 0 radical (unpaired) electrons. The molecule has 26 heavy (non-hydrogen) atoms. The van der Waals surface area contributed by atoms with Gasteiger partial charge in [0.1, 0.15) is 9.71 Å². The topological polar surface area (TPSA) is 89.1 Å². The summed E-state index contributed by atoms with van der Waals surface area (Å²) in [4.78, 5) is 21.4. The highest BCUT2D eigenvalue weighted by Gasteiger charge is 2.22. The summed E-state index contributed by atoms with van der Waals surface area (Å²) in [6, 6.07) is 12.0. The number of hydrogen-bond acceptors (Lipinski definition) is 7. The second-order valence-electron chi connectivity index (χ2n) is 5.47. The van der Waals surface area contributed by atoms with Crippen molar-refractivity contribution < 1.29 is 9.90 Å². The van der Waals surface area contributed by atoms with E-state index in [1.165, 1.54) is 17.3 Å². The van der Waals surface area contributed by atoms with E-state index in [0.717, 1.165) is 22.7 Å². The first-order chi connectivity index (χ1) is 12.6. The summed E-state index contributed by atoms with van der Waals surface area (Å²) in [6.07, 6.45) is 0. The summed E-state index contributed by atoms with van der Waals surface area (Å²) in [7, 11) is 0. The van der Waals surface area contributed by atoms with Gasteiger partial charge in [0.2, 0.25) is 0 Å². The van der Waals surface area contributed by atoms with Crippen molar-refractivity contribution in [2.45, 2.75) is 10.9 Å². The first kappa shape index (κ1) is 17.0. The number of thiophene rings is 2. The minimum absolute atomic E-state index is 0.107. The van der Waals surface area contributed by atoms with E-state index >= 15 is 0 Å². The predicted molar refractivity (Wildman–Crippen MR) is 108 cm³/mol. The highest BCUT2D eigenvalue weighted by Crippen LogP contribution is 2.40. The lowest BCUT2D eigenvalue weighted by molar-refractivity contribution is 0.0703. The number of anilines is 1. The van der Waals surface area contributed by atoms with Crippen LogP contribution in [0.2, 0.25) is 0 Å². The largest absolute Gasteiger partial charge is 0.477 e. The Labute approximate surface area is 161 Å². The van der Waals surface area contributed by atoms with Crippen molar-refractivity contribution in [3.05, 3.63) is 57.6 Å². The molecule has 3 aromatic heterocycles. The number of nitrogens with zero attached hydrogens (tertiary/aromatic N) is 2. The Morgan fingerprint density at radius 3 is 2.69 bits per heavy atom. The van der Waals surface area contributed by atoms with Gasteiger partial charge in [-0.2, -0.15) is 11.3 Å². The van der Waals surface area contributed by atoms with E-state index in [2.05, 4.69) is 22.1 Å². The van der Waals surface area contributed by atoms with E-state index in [0.29, 0.717) is 21.1 Å². The Bertz CT molecular complexity index is 1080. The van der Waals surface area contributed by atoms with Crippen molar-refractivity contribution in [1.82, 2.24) is 9.97 Å². The Hall–Kier alpha value is -2.42. The third-order valence-corrected chi connectivity index (χ3v) is 6.46. The van der Waals surface area contributed by atoms with E-state index in [9.17, 15) is 9.90 Å². The van der Waals surface area contributed by atoms with Gasteiger partial charge in [0.05, 0.1) is 16.8 Å². The van der Waals surface area contributed by atoms with Crippen LogP contribution in [0.5, 0.6) is 0 Å². The van der Waals surface area contributed by atoms with E-state index < -0.39 is 5.97 Å². The van der Waals surface area contributed by atoms with E-state index in [-0.39, 0.29) is 10.6 Å². The van der Waals surface area contributed by atoms with Crippen LogP contribution in [0, 0.1) is 0 Å². The zero-order valence-electron chi connectivity index (χ0n) is 13.4. The SMILES string of the molecule is Nc1c(C(=O)O)sc2nc(SCc3ccccc3)nc(-c3ccsc3)c12. The maximum Gasteiger partial charge on any atom is 0.348 e. The van der Waals surface area contributed by atoms with Gasteiger partial charge in [-0.3, -0.25) is 0 Å². The molecule has 4 rings (SSSR count). The van der Waals surface area contributed by atoms with Crippen LogP contribution in [-0.4, -0.2) is 21.0 Å². The molecule has 1 aromatic carbocycles. The first-order valence-corrected chi connectivity index (χ1v) is 10.4.